The van der Waals surface area contributed by atoms with E-state index in [0.29, 0.717) is 0 Å². The summed E-state index contributed by atoms with van der Waals surface area (Å²) >= 11 is 0. The van der Waals surface area contributed by atoms with E-state index in [1.165, 1.54) is 84.7 Å². The Bertz CT molecular complexity index is 240. The number of likely N-dealkylation sites (tertiary alicyclic amines) is 1. The van der Waals surface area contributed by atoms with Crippen LogP contribution in [0.4, 0.5) is 0 Å². The van der Waals surface area contributed by atoms with Crippen molar-refractivity contribution in [1.29, 1.82) is 0 Å². The summed E-state index contributed by atoms with van der Waals surface area (Å²) in [6.07, 6.45) is 4.29. The molecular weight excluding hydrogens is 224 g/mol. The third-order valence-corrected chi connectivity index (χ3v) is 4.86. The molecule has 0 atom stereocenters. The highest BCUT2D eigenvalue weighted by molar-refractivity contribution is 4.87. The first kappa shape index (κ1) is 12.9. The van der Waals surface area contributed by atoms with E-state index in [4.69, 9.17) is 0 Å². The van der Waals surface area contributed by atoms with E-state index in [1.807, 2.05) is 0 Å². The van der Waals surface area contributed by atoms with Gasteiger partial charge in [0.1, 0.15) is 0 Å². The first-order chi connectivity index (χ1) is 8.92. The largest absolute Gasteiger partial charge is 0.314 e. The van der Waals surface area contributed by atoms with Crippen molar-refractivity contribution in [2.24, 2.45) is 0 Å². The summed E-state index contributed by atoms with van der Waals surface area (Å²) in [6.45, 7) is 12.8. The number of nitrogens with zero attached hydrogens (tertiary/aromatic N) is 3. The molecule has 0 saturated carbocycles. The highest BCUT2D eigenvalue weighted by atomic mass is 15.3. The smallest absolute Gasteiger partial charge is 0.0346 e. The molecule has 3 heterocycles. The maximum Gasteiger partial charge on any atom is 0.0346 e. The Labute approximate surface area is 111 Å². The van der Waals surface area contributed by atoms with E-state index in [0.717, 1.165) is 6.04 Å². The Balaban J connectivity index is 1.32. The lowest BCUT2D eigenvalue weighted by molar-refractivity contribution is 0.0660. The molecule has 3 fully saturated rings. The molecule has 4 heteroatoms. The quantitative estimate of drug-likeness (QED) is 0.764. The fourth-order valence-corrected chi connectivity index (χ4v) is 3.35. The molecule has 0 spiro atoms. The number of nitrogens with one attached hydrogen (secondary N) is 1. The van der Waals surface area contributed by atoms with Crippen LogP contribution in [-0.2, 0) is 0 Å². The normalized spacial score (nSPS) is 29.3. The van der Waals surface area contributed by atoms with Crippen LogP contribution in [0, 0.1) is 0 Å². The molecule has 0 amide bonds. The maximum absolute atomic E-state index is 3.38. The minimum atomic E-state index is 0.842. The van der Waals surface area contributed by atoms with Gasteiger partial charge in [-0.25, -0.2) is 0 Å². The standard InChI is InChI=1S/C14H28N4/c1-2-4-16(5-3-1)6-7-17-8-10-18(11-9-17)14-12-15-13-14/h14-15H,1-13H2. The minimum Gasteiger partial charge on any atom is -0.314 e. The second-order valence-corrected chi connectivity index (χ2v) is 6.09. The molecule has 0 aromatic rings. The summed E-state index contributed by atoms with van der Waals surface area (Å²) in [4.78, 5) is 8.00. The van der Waals surface area contributed by atoms with Crippen LogP contribution < -0.4 is 5.32 Å². The molecule has 1 N–H and O–H groups in total. The van der Waals surface area contributed by atoms with E-state index in [1.54, 1.807) is 0 Å². The van der Waals surface area contributed by atoms with Crippen molar-refractivity contribution in [2.75, 3.05) is 65.4 Å². The lowest BCUT2D eigenvalue weighted by Gasteiger charge is -2.43. The third-order valence-electron chi connectivity index (χ3n) is 4.86. The predicted molar refractivity (Wildman–Crippen MR) is 75.0 cm³/mol. The van der Waals surface area contributed by atoms with Gasteiger partial charge in [0, 0.05) is 58.4 Å². The highest BCUT2D eigenvalue weighted by Crippen LogP contribution is 2.11. The molecule has 3 aliphatic rings. The predicted octanol–water partition coefficient (Wildman–Crippen LogP) is 0.0617. The van der Waals surface area contributed by atoms with Gasteiger partial charge in [-0.3, -0.25) is 9.80 Å². The van der Waals surface area contributed by atoms with Gasteiger partial charge in [0.15, 0.2) is 0 Å². The Hall–Kier alpha value is -0.160. The zero-order valence-corrected chi connectivity index (χ0v) is 11.6. The first-order valence-electron chi connectivity index (χ1n) is 7.81. The molecule has 3 aliphatic heterocycles. The van der Waals surface area contributed by atoms with Gasteiger partial charge in [0.25, 0.3) is 0 Å². The van der Waals surface area contributed by atoms with Gasteiger partial charge in [0.05, 0.1) is 0 Å². The van der Waals surface area contributed by atoms with Crippen molar-refractivity contribution in [3.63, 3.8) is 0 Å². The van der Waals surface area contributed by atoms with Crippen LogP contribution in [0.3, 0.4) is 0 Å². The van der Waals surface area contributed by atoms with Crippen LogP contribution >= 0.6 is 0 Å². The summed E-state index contributed by atoms with van der Waals surface area (Å²) in [5.41, 5.74) is 0. The lowest BCUT2D eigenvalue weighted by atomic mass is 10.1. The van der Waals surface area contributed by atoms with E-state index in [9.17, 15) is 0 Å². The number of rotatable bonds is 4. The molecule has 0 radical (unpaired) electrons. The molecular formula is C14H28N4. The second-order valence-electron chi connectivity index (χ2n) is 6.09. The topological polar surface area (TPSA) is 21.8 Å². The first-order valence-corrected chi connectivity index (χ1v) is 7.81. The van der Waals surface area contributed by atoms with Crippen molar-refractivity contribution in [1.82, 2.24) is 20.0 Å². The second kappa shape index (κ2) is 6.33. The fourth-order valence-electron chi connectivity index (χ4n) is 3.35. The van der Waals surface area contributed by atoms with Gasteiger partial charge in [-0.15, -0.1) is 0 Å². The van der Waals surface area contributed by atoms with Gasteiger partial charge in [-0.05, 0) is 25.9 Å². The van der Waals surface area contributed by atoms with Gasteiger partial charge in [-0.2, -0.15) is 0 Å². The molecule has 0 aromatic heterocycles. The summed E-state index contributed by atoms with van der Waals surface area (Å²) < 4.78 is 0. The summed E-state index contributed by atoms with van der Waals surface area (Å²) in [5.74, 6) is 0. The van der Waals surface area contributed by atoms with E-state index < -0.39 is 0 Å². The van der Waals surface area contributed by atoms with Crippen molar-refractivity contribution in [3.05, 3.63) is 0 Å². The molecule has 0 bridgehead atoms. The SMILES string of the molecule is C1CCN(CCN2CCN(C3CNC3)CC2)CC1. The monoisotopic (exact) mass is 252 g/mol. The number of piperazine rings is 1. The molecule has 104 valence electrons. The van der Waals surface area contributed by atoms with Gasteiger partial charge in [0.2, 0.25) is 0 Å². The maximum atomic E-state index is 3.38. The molecule has 0 unspecified atom stereocenters. The molecule has 0 aromatic carbocycles. The van der Waals surface area contributed by atoms with E-state index >= 15 is 0 Å². The van der Waals surface area contributed by atoms with Crippen LogP contribution in [0.5, 0.6) is 0 Å². The Morgan fingerprint density at radius 1 is 0.722 bits per heavy atom. The van der Waals surface area contributed by atoms with Crippen LogP contribution in [0.1, 0.15) is 19.3 Å². The van der Waals surface area contributed by atoms with Gasteiger partial charge < -0.3 is 10.2 Å². The van der Waals surface area contributed by atoms with Crippen LogP contribution in [0.25, 0.3) is 0 Å². The van der Waals surface area contributed by atoms with Crippen LogP contribution in [0.2, 0.25) is 0 Å². The molecule has 0 aliphatic carbocycles. The number of piperidine rings is 1. The van der Waals surface area contributed by atoms with Crippen molar-refractivity contribution < 1.29 is 0 Å². The van der Waals surface area contributed by atoms with Crippen LogP contribution in [-0.4, -0.2) is 86.2 Å². The molecule has 18 heavy (non-hydrogen) atoms. The Morgan fingerprint density at radius 2 is 1.33 bits per heavy atom. The van der Waals surface area contributed by atoms with E-state index in [2.05, 4.69) is 20.0 Å². The molecule has 3 rings (SSSR count). The van der Waals surface area contributed by atoms with Crippen LogP contribution in [0.15, 0.2) is 0 Å². The minimum absolute atomic E-state index is 0.842. The van der Waals surface area contributed by atoms with E-state index in [-0.39, 0.29) is 0 Å². The van der Waals surface area contributed by atoms with Gasteiger partial charge >= 0.3 is 0 Å². The molecule has 3 saturated heterocycles. The summed E-state index contributed by atoms with van der Waals surface area (Å²) in [6, 6.07) is 0.842. The summed E-state index contributed by atoms with van der Waals surface area (Å²) in [7, 11) is 0. The Morgan fingerprint density at radius 3 is 1.89 bits per heavy atom. The average molecular weight is 252 g/mol. The van der Waals surface area contributed by atoms with Crippen molar-refractivity contribution in [2.45, 2.75) is 25.3 Å². The van der Waals surface area contributed by atoms with Crippen molar-refractivity contribution in [3.8, 4) is 0 Å². The van der Waals surface area contributed by atoms with Gasteiger partial charge in [-0.1, -0.05) is 6.42 Å². The lowest BCUT2D eigenvalue weighted by Crippen LogP contribution is -2.61. The average Bonchev–Trinajstić information content (AvgIpc) is 2.37. The molecule has 4 nitrogen and oxygen atoms in total. The number of hydrogen-bond donors (Lipinski definition) is 1. The van der Waals surface area contributed by atoms with Crippen molar-refractivity contribution >= 4 is 0 Å². The highest BCUT2D eigenvalue weighted by Gasteiger charge is 2.27. The summed E-state index contributed by atoms with van der Waals surface area (Å²) in [5, 5.41) is 3.38. The Kier molecular flexibility index (Phi) is 4.52. The fraction of sp³-hybridized carbons (Fsp3) is 1.00. The third kappa shape index (κ3) is 3.23. The zero-order chi connectivity index (χ0) is 12.2. The number of hydrogen-bond acceptors (Lipinski definition) is 4. The zero-order valence-electron chi connectivity index (χ0n) is 11.6.